The Hall–Kier alpha value is -3.48. The minimum atomic E-state index is -0.402. The molecule has 0 unspecified atom stereocenters. The first-order valence-electron chi connectivity index (χ1n) is 9.07. The lowest BCUT2D eigenvalue weighted by atomic mass is 10.1. The van der Waals surface area contributed by atoms with E-state index < -0.39 is 5.97 Å². The van der Waals surface area contributed by atoms with E-state index in [-0.39, 0.29) is 18.2 Å². The Bertz CT molecular complexity index is 984. The summed E-state index contributed by atoms with van der Waals surface area (Å²) in [7, 11) is 1.34. The van der Waals surface area contributed by atoms with Gasteiger partial charge in [-0.3, -0.25) is 9.59 Å². The average molecular weight is 377 g/mol. The molecule has 2 aliphatic rings. The zero-order valence-electron chi connectivity index (χ0n) is 15.4. The van der Waals surface area contributed by atoms with Crippen LogP contribution in [-0.2, 0) is 20.7 Å². The monoisotopic (exact) mass is 377 g/mol. The molecule has 0 fully saturated rings. The van der Waals surface area contributed by atoms with Crippen LogP contribution in [0.25, 0.3) is 0 Å². The highest BCUT2D eigenvalue weighted by Crippen LogP contribution is 2.30. The number of fused-ring (bicyclic) bond motifs is 1. The van der Waals surface area contributed by atoms with Gasteiger partial charge in [0.1, 0.15) is 5.71 Å². The Kier molecular flexibility index (Phi) is 4.65. The second kappa shape index (κ2) is 7.26. The standard InChI is InChI=1S/C21H19N3O4/c1-28-21(27)15-7-9-18-14(13-15)11-12-23(18)20(26)17-8-10-19(25)24(22-17)16-5-3-2-4-6-16/h2-7,9,13H,8,10-12H2,1H3. The van der Waals surface area contributed by atoms with E-state index in [4.69, 9.17) is 4.74 Å². The molecular formula is C21H19N3O4. The minimum absolute atomic E-state index is 0.132. The van der Waals surface area contributed by atoms with E-state index in [2.05, 4.69) is 5.10 Å². The molecule has 0 saturated carbocycles. The number of benzene rings is 2. The number of nitrogens with zero attached hydrogens (tertiary/aromatic N) is 3. The van der Waals surface area contributed by atoms with E-state index in [0.717, 1.165) is 11.3 Å². The van der Waals surface area contributed by atoms with Crippen LogP contribution in [-0.4, -0.2) is 37.1 Å². The number of esters is 1. The van der Waals surface area contributed by atoms with Gasteiger partial charge in [-0.05, 0) is 42.3 Å². The van der Waals surface area contributed by atoms with Gasteiger partial charge in [0.25, 0.3) is 5.91 Å². The van der Waals surface area contributed by atoms with Crippen molar-refractivity contribution in [1.82, 2.24) is 0 Å². The molecule has 0 radical (unpaired) electrons. The van der Waals surface area contributed by atoms with Gasteiger partial charge in [0.2, 0.25) is 5.91 Å². The van der Waals surface area contributed by atoms with Crippen molar-refractivity contribution in [2.45, 2.75) is 19.3 Å². The Morgan fingerprint density at radius 1 is 1.04 bits per heavy atom. The largest absolute Gasteiger partial charge is 0.465 e. The van der Waals surface area contributed by atoms with Crippen molar-refractivity contribution in [2.24, 2.45) is 5.10 Å². The maximum absolute atomic E-state index is 13.1. The Morgan fingerprint density at radius 2 is 1.82 bits per heavy atom. The average Bonchev–Trinajstić information content (AvgIpc) is 3.17. The molecule has 0 atom stereocenters. The third-order valence-corrected chi connectivity index (χ3v) is 4.92. The molecular weight excluding hydrogens is 358 g/mol. The molecule has 7 heteroatoms. The molecule has 7 nitrogen and oxygen atoms in total. The Balaban J connectivity index is 1.61. The lowest BCUT2D eigenvalue weighted by molar-refractivity contribution is -0.118. The summed E-state index contributed by atoms with van der Waals surface area (Å²) in [6.45, 7) is 0.511. The quantitative estimate of drug-likeness (QED) is 0.770. The minimum Gasteiger partial charge on any atom is -0.465 e. The number of amides is 2. The number of hydrogen-bond donors (Lipinski definition) is 0. The zero-order valence-corrected chi connectivity index (χ0v) is 15.4. The van der Waals surface area contributed by atoms with Crippen molar-refractivity contribution in [1.29, 1.82) is 0 Å². The number of rotatable bonds is 3. The van der Waals surface area contributed by atoms with E-state index in [1.165, 1.54) is 12.1 Å². The molecule has 4 rings (SSSR count). The molecule has 142 valence electrons. The van der Waals surface area contributed by atoms with Crippen LogP contribution in [0.1, 0.15) is 28.8 Å². The third-order valence-electron chi connectivity index (χ3n) is 4.92. The normalized spacial score (nSPS) is 15.9. The van der Waals surface area contributed by atoms with Crippen LogP contribution in [0.2, 0.25) is 0 Å². The van der Waals surface area contributed by atoms with E-state index >= 15 is 0 Å². The molecule has 2 amide bonds. The molecule has 0 saturated heterocycles. The molecule has 2 aromatic rings. The Labute approximate surface area is 162 Å². The van der Waals surface area contributed by atoms with Gasteiger partial charge in [-0.25, -0.2) is 9.80 Å². The van der Waals surface area contributed by atoms with Crippen molar-refractivity contribution < 1.29 is 19.1 Å². The molecule has 2 aliphatic heterocycles. The number of carbonyl (C=O) groups is 3. The van der Waals surface area contributed by atoms with Crippen LogP contribution in [0.3, 0.4) is 0 Å². The summed E-state index contributed by atoms with van der Waals surface area (Å²) in [5, 5.41) is 5.64. The van der Waals surface area contributed by atoms with Crippen molar-refractivity contribution >= 4 is 34.9 Å². The number of hydrazone groups is 1. The number of carbonyl (C=O) groups excluding carboxylic acids is 3. The fourth-order valence-corrected chi connectivity index (χ4v) is 3.49. The summed E-state index contributed by atoms with van der Waals surface area (Å²) in [4.78, 5) is 38.7. The molecule has 0 bridgehead atoms. The Morgan fingerprint density at radius 3 is 2.57 bits per heavy atom. The van der Waals surface area contributed by atoms with Gasteiger partial charge < -0.3 is 9.64 Å². The summed E-state index contributed by atoms with van der Waals surface area (Å²) in [6, 6.07) is 14.2. The summed E-state index contributed by atoms with van der Waals surface area (Å²) in [5.74, 6) is -0.744. The molecule has 0 aromatic heterocycles. The fraction of sp³-hybridized carbons (Fsp3) is 0.238. The van der Waals surface area contributed by atoms with Crippen LogP contribution in [0, 0.1) is 0 Å². The topological polar surface area (TPSA) is 79.3 Å². The van der Waals surface area contributed by atoms with Gasteiger partial charge >= 0.3 is 5.97 Å². The summed E-state index contributed by atoms with van der Waals surface area (Å²) in [6.07, 6.45) is 1.20. The maximum atomic E-state index is 13.1. The van der Waals surface area contributed by atoms with Crippen molar-refractivity contribution in [3.8, 4) is 0 Å². The van der Waals surface area contributed by atoms with Crippen LogP contribution in [0.15, 0.2) is 53.6 Å². The lowest BCUT2D eigenvalue weighted by Crippen LogP contribution is -2.41. The molecule has 0 spiro atoms. The maximum Gasteiger partial charge on any atom is 0.337 e. The van der Waals surface area contributed by atoms with Gasteiger partial charge in [-0.1, -0.05) is 18.2 Å². The van der Waals surface area contributed by atoms with Gasteiger partial charge in [-0.15, -0.1) is 0 Å². The van der Waals surface area contributed by atoms with Gasteiger partial charge in [0.05, 0.1) is 18.4 Å². The summed E-state index contributed by atoms with van der Waals surface area (Å²) < 4.78 is 4.75. The number of methoxy groups -OCH3 is 1. The van der Waals surface area contributed by atoms with Crippen molar-refractivity contribution in [2.75, 3.05) is 23.6 Å². The van der Waals surface area contributed by atoms with Gasteiger partial charge in [-0.2, -0.15) is 5.10 Å². The number of anilines is 2. The second-order valence-electron chi connectivity index (χ2n) is 6.63. The fourth-order valence-electron chi connectivity index (χ4n) is 3.49. The predicted octanol–water partition coefficient (Wildman–Crippen LogP) is 2.55. The van der Waals surface area contributed by atoms with Crippen LogP contribution >= 0.6 is 0 Å². The van der Waals surface area contributed by atoms with Crippen LogP contribution in [0.4, 0.5) is 11.4 Å². The molecule has 0 N–H and O–H groups in total. The van der Waals surface area contributed by atoms with E-state index in [1.54, 1.807) is 35.2 Å². The summed E-state index contributed by atoms with van der Waals surface area (Å²) in [5.41, 5.74) is 3.15. The van der Waals surface area contributed by atoms with Gasteiger partial charge in [0.15, 0.2) is 0 Å². The number of hydrogen-bond acceptors (Lipinski definition) is 5. The number of para-hydroxylation sites is 1. The lowest BCUT2D eigenvalue weighted by Gasteiger charge is -2.25. The molecule has 2 heterocycles. The van der Waals surface area contributed by atoms with Crippen molar-refractivity contribution in [3.05, 3.63) is 59.7 Å². The van der Waals surface area contributed by atoms with Gasteiger partial charge in [0, 0.05) is 25.1 Å². The summed E-state index contributed by atoms with van der Waals surface area (Å²) >= 11 is 0. The van der Waals surface area contributed by atoms with E-state index in [9.17, 15) is 14.4 Å². The van der Waals surface area contributed by atoms with E-state index in [0.29, 0.717) is 36.3 Å². The van der Waals surface area contributed by atoms with E-state index in [1.807, 2.05) is 18.2 Å². The first-order chi connectivity index (χ1) is 13.6. The highest BCUT2D eigenvalue weighted by Gasteiger charge is 2.32. The SMILES string of the molecule is COC(=O)c1ccc2c(c1)CCN2C(=O)C1=NN(c2ccccc2)C(=O)CC1. The highest BCUT2D eigenvalue weighted by molar-refractivity contribution is 6.45. The first-order valence-corrected chi connectivity index (χ1v) is 9.07. The van der Waals surface area contributed by atoms with Crippen LogP contribution in [0.5, 0.6) is 0 Å². The second-order valence-corrected chi connectivity index (χ2v) is 6.63. The molecule has 0 aliphatic carbocycles. The third kappa shape index (κ3) is 3.15. The smallest absolute Gasteiger partial charge is 0.337 e. The number of ether oxygens (including phenoxy) is 1. The highest BCUT2D eigenvalue weighted by atomic mass is 16.5. The first kappa shape index (κ1) is 17.9. The molecule has 28 heavy (non-hydrogen) atoms. The van der Waals surface area contributed by atoms with Crippen molar-refractivity contribution in [3.63, 3.8) is 0 Å². The van der Waals surface area contributed by atoms with Crippen LogP contribution < -0.4 is 9.91 Å². The molecule has 2 aromatic carbocycles. The predicted molar refractivity (Wildman–Crippen MR) is 104 cm³/mol. The zero-order chi connectivity index (χ0) is 19.7.